The van der Waals surface area contributed by atoms with E-state index in [0.29, 0.717) is 24.5 Å². The fourth-order valence-electron chi connectivity index (χ4n) is 6.28. The lowest BCUT2D eigenvalue weighted by molar-refractivity contribution is -0.144. The smallest absolute Gasteiger partial charge is 0.303 e. The molecule has 0 saturated carbocycles. The van der Waals surface area contributed by atoms with Gasteiger partial charge in [-0.25, -0.2) is 0 Å². The number of nitrogens with zero attached hydrogens (tertiary/aromatic N) is 3. The number of aliphatic carboxylic acids is 1. The number of carbonyl (C=O) groups is 4. The number of hydrogen-bond donors (Lipinski definition) is 2. The van der Waals surface area contributed by atoms with Crippen LogP contribution in [0.3, 0.4) is 0 Å². The number of piperazine rings is 1. The van der Waals surface area contributed by atoms with Crippen LogP contribution < -0.4 is 0 Å². The van der Waals surface area contributed by atoms with Crippen LogP contribution in [0.15, 0.2) is 82.3 Å². The highest BCUT2D eigenvalue weighted by atomic mass is 79.9. The maximum absolute atomic E-state index is 15.2. The quantitative estimate of drug-likeness (QED) is 0.112. The second-order valence-corrected chi connectivity index (χ2v) is 14.7. The van der Waals surface area contributed by atoms with Crippen molar-refractivity contribution in [1.29, 1.82) is 0 Å². The van der Waals surface area contributed by atoms with Gasteiger partial charge in [-0.1, -0.05) is 70.3 Å². The summed E-state index contributed by atoms with van der Waals surface area (Å²) in [5.41, 5.74) is 3.59. The van der Waals surface area contributed by atoms with Crippen LogP contribution in [-0.2, 0) is 25.7 Å². The van der Waals surface area contributed by atoms with Crippen molar-refractivity contribution in [3.05, 3.63) is 99.1 Å². The van der Waals surface area contributed by atoms with Crippen molar-refractivity contribution >= 4 is 74.4 Å². The predicted molar refractivity (Wildman–Crippen MR) is 192 cm³/mol. The molecule has 1 aliphatic rings. The Morgan fingerprint density at radius 2 is 1.69 bits per heavy atom. The lowest BCUT2D eigenvalue weighted by Crippen LogP contribution is -2.59. The number of carboxylic acids is 1. The van der Waals surface area contributed by atoms with Crippen LogP contribution in [0, 0.1) is 6.92 Å². The molecule has 9 nitrogen and oxygen atoms in total. The predicted octanol–water partition coefficient (Wildman–Crippen LogP) is 7.07. The van der Waals surface area contributed by atoms with Crippen molar-refractivity contribution in [2.24, 2.45) is 0 Å². The van der Waals surface area contributed by atoms with Gasteiger partial charge in [-0.3, -0.25) is 19.2 Å². The summed E-state index contributed by atoms with van der Waals surface area (Å²) < 4.78 is -0.266. The van der Waals surface area contributed by atoms with Gasteiger partial charge in [0.15, 0.2) is 0 Å². The molecule has 48 heavy (non-hydrogen) atoms. The highest BCUT2D eigenvalue weighted by Crippen LogP contribution is 2.50. The summed E-state index contributed by atoms with van der Waals surface area (Å²) in [5.74, 6) is -1.40. The lowest BCUT2D eigenvalue weighted by Gasteiger charge is -2.47. The monoisotopic (exact) mass is 752 g/mol. The number of aryl methyl sites for hydroxylation is 1. The summed E-state index contributed by atoms with van der Waals surface area (Å²) in [6, 6.07) is 20.6. The number of benzene rings is 3. The Balaban J connectivity index is 1.61. The van der Waals surface area contributed by atoms with Crippen molar-refractivity contribution < 1.29 is 24.3 Å². The molecule has 0 bridgehead atoms. The van der Waals surface area contributed by atoms with Gasteiger partial charge in [0.05, 0.1) is 12.5 Å². The van der Waals surface area contributed by atoms with Crippen molar-refractivity contribution in [3.63, 3.8) is 0 Å². The van der Waals surface area contributed by atoms with Crippen molar-refractivity contribution in [1.82, 2.24) is 19.7 Å². The van der Waals surface area contributed by atoms with Crippen LogP contribution in [0.2, 0.25) is 5.02 Å². The first-order chi connectivity index (χ1) is 23.0. The van der Waals surface area contributed by atoms with E-state index in [1.165, 1.54) is 11.8 Å². The Bertz CT molecular complexity index is 1780. The Kier molecular flexibility index (Phi) is 11.5. The zero-order valence-electron chi connectivity index (χ0n) is 26.8. The Labute approximate surface area is 297 Å². The SMILES string of the molecule is CC[C@@](Sc1ccc(C)cc1)(C(=O)N1CCN(C(=O)CCC(=O)O)CC1)C(c1c[nH]c2cc(Cl)ccc12)N(C=O)Cc1ccc(Br)cc1. The first-order valence-electron chi connectivity index (χ1n) is 15.8. The maximum Gasteiger partial charge on any atom is 0.303 e. The van der Waals surface area contributed by atoms with E-state index in [9.17, 15) is 14.4 Å². The Hall–Kier alpha value is -3.80. The van der Waals surface area contributed by atoms with Gasteiger partial charge in [0.2, 0.25) is 18.2 Å². The molecule has 252 valence electrons. The van der Waals surface area contributed by atoms with Crippen LogP contribution in [0.25, 0.3) is 10.9 Å². The Morgan fingerprint density at radius 1 is 1.02 bits per heavy atom. The van der Waals surface area contributed by atoms with Gasteiger partial charge in [0.25, 0.3) is 0 Å². The molecule has 1 aliphatic heterocycles. The van der Waals surface area contributed by atoms with Crippen LogP contribution in [0.5, 0.6) is 0 Å². The topological polar surface area (TPSA) is 114 Å². The van der Waals surface area contributed by atoms with Gasteiger partial charge in [0, 0.05) is 76.2 Å². The van der Waals surface area contributed by atoms with E-state index < -0.39 is 16.8 Å². The number of aromatic amines is 1. The van der Waals surface area contributed by atoms with E-state index in [-0.39, 0.29) is 44.3 Å². The zero-order valence-corrected chi connectivity index (χ0v) is 30.0. The second-order valence-electron chi connectivity index (χ2n) is 12.0. The van der Waals surface area contributed by atoms with Gasteiger partial charge >= 0.3 is 5.97 Å². The van der Waals surface area contributed by atoms with Gasteiger partial charge < -0.3 is 24.8 Å². The zero-order chi connectivity index (χ0) is 34.4. The van der Waals surface area contributed by atoms with Gasteiger partial charge in [0.1, 0.15) is 4.75 Å². The van der Waals surface area contributed by atoms with E-state index in [2.05, 4.69) is 20.9 Å². The van der Waals surface area contributed by atoms with E-state index in [1.54, 1.807) is 20.8 Å². The van der Waals surface area contributed by atoms with Crippen LogP contribution in [0.4, 0.5) is 0 Å². The highest BCUT2D eigenvalue weighted by molar-refractivity contribution is 9.10. The van der Waals surface area contributed by atoms with Gasteiger partial charge in [-0.2, -0.15) is 0 Å². The molecule has 5 rings (SSSR count). The fourth-order valence-corrected chi connectivity index (χ4v) is 8.15. The number of amides is 3. The maximum atomic E-state index is 15.2. The average Bonchev–Trinajstić information content (AvgIpc) is 3.50. The molecule has 4 aromatic rings. The summed E-state index contributed by atoms with van der Waals surface area (Å²) in [5, 5.41) is 10.5. The molecule has 3 aromatic carbocycles. The first-order valence-corrected chi connectivity index (χ1v) is 17.8. The molecule has 0 radical (unpaired) electrons. The summed E-state index contributed by atoms with van der Waals surface area (Å²) >= 11 is 11.3. The van der Waals surface area contributed by atoms with E-state index in [1.807, 2.05) is 80.7 Å². The summed E-state index contributed by atoms with van der Waals surface area (Å²) in [7, 11) is 0. The largest absolute Gasteiger partial charge is 0.481 e. The minimum Gasteiger partial charge on any atom is -0.481 e. The minimum atomic E-state index is -1.18. The van der Waals surface area contributed by atoms with Crippen molar-refractivity contribution in [3.8, 4) is 0 Å². The molecular formula is C36H38BrClN4O5S. The number of halogens is 2. The first kappa shape index (κ1) is 35.5. The number of thioether (sulfide) groups is 1. The summed E-state index contributed by atoms with van der Waals surface area (Å²) in [4.78, 5) is 61.6. The highest BCUT2D eigenvalue weighted by Gasteiger charge is 2.51. The molecule has 2 heterocycles. The van der Waals surface area contributed by atoms with Crippen LogP contribution >= 0.6 is 39.3 Å². The standard InChI is InChI=1S/C36H38BrClN4O5S/c1-3-36(48-28-11-4-24(2)5-12-28,35(47)41-18-16-40(17-19-41)32(44)14-15-33(45)46)34(30-21-39-31-20-27(38)10-13-29(30)31)42(23-43)22-25-6-8-26(37)9-7-25/h4-13,20-21,23,34,39H,3,14-19,22H2,1-2H3,(H,45,46)/t34?,36-/m0/s1. The molecule has 2 atom stereocenters. The normalized spacial score (nSPS) is 15.2. The average molecular weight is 754 g/mol. The molecular weight excluding hydrogens is 716 g/mol. The van der Waals surface area contributed by atoms with E-state index >= 15 is 4.79 Å². The molecule has 0 spiro atoms. The molecule has 3 amide bonds. The molecule has 12 heteroatoms. The number of carbonyl (C=O) groups excluding carboxylic acids is 3. The van der Waals surface area contributed by atoms with Crippen LogP contribution in [0.1, 0.15) is 48.9 Å². The number of carboxylic acid groups (broad SMARTS) is 1. The number of aromatic nitrogens is 1. The third kappa shape index (κ3) is 7.90. The van der Waals surface area contributed by atoms with Crippen molar-refractivity contribution in [2.75, 3.05) is 26.2 Å². The lowest BCUT2D eigenvalue weighted by atomic mass is 9.86. The van der Waals surface area contributed by atoms with Gasteiger partial charge in [-0.15, -0.1) is 11.8 Å². The number of rotatable bonds is 13. The fraction of sp³-hybridized carbons (Fsp3) is 0.333. The molecule has 1 aromatic heterocycles. The number of hydrogen-bond acceptors (Lipinski definition) is 5. The van der Waals surface area contributed by atoms with Gasteiger partial charge in [-0.05, 0) is 55.3 Å². The third-order valence-electron chi connectivity index (χ3n) is 8.84. The number of nitrogens with one attached hydrogen (secondary N) is 1. The molecule has 0 aliphatic carbocycles. The molecule has 1 saturated heterocycles. The summed E-state index contributed by atoms with van der Waals surface area (Å²) in [6.45, 7) is 5.42. The minimum absolute atomic E-state index is 0.0809. The summed E-state index contributed by atoms with van der Waals surface area (Å²) in [6.07, 6.45) is 2.77. The van der Waals surface area contributed by atoms with E-state index in [4.69, 9.17) is 16.7 Å². The van der Waals surface area contributed by atoms with Crippen molar-refractivity contribution in [2.45, 2.75) is 55.3 Å². The second kappa shape index (κ2) is 15.6. The third-order valence-corrected chi connectivity index (χ3v) is 11.2. The van der Waals surface area contributed by atoms with E-state index in [0.717, 1.165) is 43.4 Å². The van der Waals surface area contributed by atoms with Crippen LogP contribution in [-0.4, -0.2) is 79.9 Å². The molecule has 1 unspecified atom stereocenters. The number of H-pyrrole nitrogens is 1. The Morgan fingerprint density at radius 3 is 2.31 bits per heavy atom. The molecule has 2 N–H and O–H groups in total. The molecule has 1 fully saturated rings. The number of fused-ring (bicyclic) bond motifs is 1.